The Kier molecular flexibility index (Phi) is 4.57. The van der Waals surface area contributed by atoms with Crippen molar-refractivity contribution in [1.29, 1.82) is 0 Å². The summed E-state index contributed by atoms with van der Waals surface area (Å²) in [5, 5.41) is 3.23. The summed E-state index contributed by atoms with van der Waals surface area (Å²) in [5.74, 6) is 0. The second-order valence-electron chi connectivity index (χ2n) is 5.16. The van der Waals surface area contributed by atoms with E-state index in [0.29, 0.717) is 12.1 Å². The summed E-state index contributed by atoms with van der Waals surface area (Å²) in [4.78, 5) is 0. The fourth-order valence-corrected chi connectivity index (χ4v) is 1.38. The molecule has 4 heteroatoms. The molecule has 0 aliphatic rings. The zero-order valence-corrected chi connectivity index (χ0v) is 10.8. The molecule has 1 aromatic carbocycles. The van der Waals surface area contributed by atoms with Crippen molar-refractivity contribution in [2.24, 2.45) is 0 Å². The molecule has 1 N–H and O–H groups in total. The monoisotopic (exact) mass is 257 g/mol. The minimum absolute atomic E-state index is 0.00183. The van der Waals surface area contributed by atoms with Gasteiger partial charge >= 0.3 is 6.18 Å². The van der Waals surface area contributed by atoms with E-state index in [2.05, 4.69) is 5.32 Å². The van der Waals surface area contributed by atoms with E-state index in [1.54, 1.807) is 12.1 Å². The summed E-state index contributed by atoms with van der Waals surface area (Å²) in [6, 6.07) is 5.29. The van der Waals surface area contributed by atoms with Crippen molar-refractivity contribution >= 4 is 6.08 Å². The molecule has 100 valence electrons. The molecule has 0 aliphatic carbocycles. The topological polar surface area (TPSA) is 12.0 Å². The molecule has 1 aromatic rings. The third-order valence-electron chi connectivity index (χ3n) is 2.27. The normalized spacial score (nSPS) is 13.2. The summed E-state index contributed by atoms with van der Waals surface area (Å²) in [7, 11) is 0. The molecule has 1 nitrogen and oxygen atoms in total. The predicted octanol–water partition coefficient (Wildman–Crippen LogP) is 4.11. The lowest BCUT2D eigenvalue weighted by atomic mass is 10.1. The fourth-order valence-electron chi connectivity index (χ4n) is 1.38. The average Bonchev–Trinajstić information content (AvgIpc) is 2.22. The lowest BCUT2D eigenvalue weighted by Gasteiger charge is -2.18. The summed E-state index contributed by atoms with van der Waals surface area (Å²) >= 11 is 0. The van der Waals surface area contributed by atoms with Crippen LogP contribution >= 0.6 is 0 Å². The molecule has 0 aromatic heterocycles. The van der Waals surface area contributed by atoms with Gasteiger partial charge in [-0.3, -0.25) is 0 Å². The molecule has 0 amide bonds. The Morgan fingerprint density at radius 1 is 1.17 bits per heavy atom. The molecule has 0 saturated carbocycles. The summed E-state index contributed by atoms with van der Waals surface area (Å²) in [5.41, 5.74) is -0.0630. The lowest BCUT2D eigenvalue weighted by molar-refractivity contribution is -0.137. The molecular weight excluding hydrogens is 239 g/mol. The van der Waals surface area contributed by atoms with Crippen molar-refractivity contribution in [3.05, 3.63) is 41.5 Å². The molecule has 1 rings (SSSR count). The van der Waals surface area contributed by atoms with Crippen molar-refractivity contribution < 1.29 is 13.2 Å². The first kappa shape index (κ1) is 14.8. The first-order chi connectivity index (χ1) is 8.18. The van der Waals surface area contributed by atoms with Crippen LogP contribution in [-0.2, 0) is 6.18 Å². The van der Waals surface area contributed by atoms with Gasteiger partial charge in [-0.2, -0.15) is 13.2 Å². The largest absolute Gasteiger partial charge is 0.416 e. The highest BCUT2D eigenvalue weighted by Crippen LogP contribution is 2.29. The van der Waals surface area contributed by atoms with Crippen molar-refractivity contribution in [3.8, 4) is 0 Å². The van der Waals surface area contributed by atoms with Gasteiger partial charge in [0.2, 0.25) is 0 Å². The molecule has 18 heavy (non-hydrogen) atoms. The van der Waals surface area contributed by atoms with Gasteiger partial charge in [0.25, 0.3) is 0 Å². The fraction of sp³-hybridized carbons (Fsp3) is 0.429. The lowest BCUT2D eigenvalue weighted by Crippen LogP contribution is -2.35. The van der Waals surface area contributed by atoms with E-state index in [9.17, 15) is 13.2 Å². The van der Waals surface area contributed by atoms with E-state index in [1.165, 1.54) is 6.07 Å². The van der Waals surface area contributed by atoms with Gasteiger partial charge in [0, 0.05) is 12.1 Å². The molecule has 0 bridgehead atoms. The number of hydrogen-bond acceptors (Lipinski definition) is 1. The summed E-state index contributed by atoms with van der Waals surface area (Å²) in [6.45, 7) is 6.72. The summed E-state index contributed by atoms with van der Waals surface area (Å²) in [6.07, 6.45) is -0.776. The Morgan fingerprint density at radius 3 is 2.39 bits per heavy atom. The van der Waals surface area contributed by atoms with Crippen LogP contribution in [-0.4, -0.2) is 12.1 Å². The predicted molar refractivity (Wildman–Crippen MR) is 68.2 cm³/mol. The molecule has 0 spiro atoms. The molecule has 0 heterocycles. The van der Waals surface area contributed by atoms with Gasteiger partial charge in [0.15, 0.2) is 0 Å². The van der Waals surface area contributed by atoms with Crippen LogP contribution in [0.3, 0.4) is 0 Å². The second-order valence-corrected chi connectivity index (χ2v) is 5.16. The van der Waals surface area contributed by atoms with Crippen molar-refractivity contribution in [2.45, 2.75) is 32.5 Å². The number of nitrogens with one attached hydrogen (secondary N) is 1. The van der Waals surface area contributed by atoms with E-state index in [0.717, 1.165) is 12.1 Å². The van der Waals surface area contributed by atoms with Gasteiger partial charge in [-0.25, -0.2) is 0 Å². The van der Waals surface area contributed by atoms with Gasteiger partial charge in [0.05, 0.1) is 5.56 Å². The molecule has 0 unspecified atom stereocenters. The van der Waals surface area contributed by atoms with Crippen LogP contribution in [0.2, 0.25) is 0 Å². The van der Waals surface area contributed by atoms with Gasteiger partial charge in [-0.1, -0.05) is 24.3 Å². The highest BCUT2D eigenvalue weighted by Gasteiger charge is 2.30. The molecule has 0 radical (unpaired) electrons. The number of alkyl halides is 3. The zero-order chi connectivity index (χ0) is 13.8. The average molecular weight is 257 g/mol. The minimum Gasteiger partial charge on any atom is -0.309 e. The van der Waals surface area contributed by atoms with Crippen molar-refractivity contribution in [1.82, 2.24) is 5.32 Å². The Balaban J connectivity index is 2.66. The van der Waals surface area contributed by atoms with Crippen LogP contribution < -0.4 is 5.32 Å². The second kappa shape index (κ2) is 5.57. The first-order valence-electron chi connectivity index (χ1n) is 5.77. The Hall–Kier alpha value is -1.29. The number of benzene rings is 1. The van der Waals surface area contributed by atoms with E-state index in [1.807, 2.05) is 26.8 Å². The van der Waals surface area contributed by atoms with Gasteiger partial charge < -0.3 is 5.32 Å². The highest BCUT2D eigenvalue weighted by molar-refractivity contribution is 5.50. The molecule has 0 aliphatic heterocycles. The molecule has 0 saturated heterocycles. The number of halogens is 3. The molecule has 0 atom stereocenters. The van der Waals surface area contributed by atoms with Crippen LogP contribution in [0.25, 0.3) is 6.08 Å². The van der Waals surface area contributed by atoms with E-state index in [-0.39, 0.29) is 5.54 Å². The smallest absolute Gasteiger partial charge is 0.309 e. The van der Waals surface area contributed by atoms with E-state index < -0.39 is 11.7 Å². The van der Waals surface area contributed by atoms with Crippen LogP contribution in [0, 0.1) is 0 Å². The standard InChI is InChI=1S/C14H18F3N/c1-13(2,3)18-9-5-7-11-6-4-8-12(10-11)14(15,16)17/h4-8,10,18H,9H2,1-3H3. The van der Waals surface area contributed by atoms with Crippen LogP contribution in [0.15, 0.2) is 30.3 Å². The zero-order valence-electron chi connectivity index (χ0n) is 10.8. The Bertz CT molecular complexity index is 414. The van der Waals surface area contributed by atoms with Crippen LogP contribution in [0.1, 0.15) is 31.9 Å². The third kappa shape index (κ3) is 5.36. The Labute approximate surface area is 106 Å². The van der Waals surface area contributed by atoms with Gasteiger partial charge in [-0.15, -0.1) is 0 Å². The van der Waals surface area contributed by atoms with Crippen molar-refractivity contribution in [2.75, 3.05) is 6.54 Å². The number of hydrogen-bond donors (Lipinski definition) is 1. The Morgan fingerprint density at radius 2 is 1.83 bits per heavy atom. The van der Waals surface area contributed by atoms with Crippen LogP contribution in [0.4, 0.5) is 13.2 Å². The maximum Gasteiger partial charge on any atom is 0.416 e. The van der Waals surface area contributed by atoms with Gasteiger partial charge in [0.1, 0.15) is 0 Å². The van der Waals surface area contributed by atoms with Gasteiger partial charge in [-0.05, 0) is 38.5 Å². The molecule has 0 fully saturated rings. The summed E-state index contributed by atoms with van der Waals surface area (Å²) < 4.78 is 37.4. The van der Waals surface area contributed by atoms with Crippen LogP contribution in [0.5, 0.6) is 0 Å². The minimum atomic E-state index is -4.28. The SMILES string of the molecule is CC(C)(C)NCC=Cc1cccc(C(F)(F)F)c1. The van der Waals surface area contributed by atoms with E-state index in [4.69, 9.17) is 0 Å². The highest BCUT2D eigenvalue weighted by atomic mass is 19.4. The first-order valence-corrected chi connectivity index (χ1v) is 5.77. The third-order valence-corrected chi connectivity index (χ3v) is 2.27. The maximum atomic E-state index is 12.5. The van der Waals surface area contributed by atoms with E-state index >= 15 is 0 Å². The maximum absolute atomic E-state index is 12.5. The quantitative estimate of drug-likeness (QED) is 0.859. The van der Waals surface area contributed by atoms with Crippen molar-refractivity contribution in [3.63, 3.8) is 0 Å². The number of rotatable bonds is 3. The molecular formula is C14H18F3N.